The van der Waals surface area contributed by atoms with Crippen LogP contribution in [0.2, 0.25) is 0 Å². The molecule has 1 unspecified atom stereocenters. The van der Waals surface area contributed by atoms with Crippen LogP contribution in [0, 0.1) is 0 Å². The Morgan fingerprint density at radius 3 is 2.70 bits per heavy atom. The number of ether oxygens (including phenoxy) is 1. The molecule has 4 rings (SSSR count). The first-order valence-corrected chi connectivity index (χ1v) is 11.4. The number of piperazine rings is 1. The van der Waals surface area contributed by atoms with Crippen molar-refractivity contribution in [2.24, 2.45) is 4.99 Å². The molecule has 1 saturated heterocycles. The number of para-hydroxylation sites is 1. The zero-order chi connectivity index (χ0) is 22.6. The summed E-state index contributed by atoms with van der Waals surface area (Å²) >= 11 is 0. The topological polar surface area (TPSA) is 78.0 Å². The fraction of sp³-hybridized carbons (Fsp3) is 0.440. The SMILES string of the molecule is CCNC(=NCc1ccc(N2CCNC(=O)C2)cc1)NC1CC(C)(C)Oc2ccccc21.I. The molecule has 0 saturated carbocycles. The van der Waals surface area contributed by atoms with E-state index in [1.165, 1.54) is 0 Å². The van der Waals surface area contributed by atoms with Crippen molar-refractivity contribution in [1.82, 2.24) is 16.0 Å². The van der Waals surface area contributed by atoms with Crippen LogP contribution in [0.15, 0.2) is 53.5 Å². The van der Waals surface area contributed by atoms with E-state index in [-0.39, 0.29) is 41.5 Å². The summed E-state index contributed by atoms with van der Waals surface area (Å²) in [5, 5.41) is 9.85. The van der Waals surface area contributed by atoms with Crippen molar-refractivity contribution < 1.29 is 9.53 Å². The summed E-state index contributed by atoms with van der Waals surface area (Å²) in [5.74, 6) is 1.80. The lowest BCUT2D eigenvalue weighted by Gasteiger charge is -2.38. The van der Waals surface area contributed by atoms with Gasteiger partial charge >= 0.3 is 0 Å². The van der Waals surface area contributed by atoms with Crippen molar-refractivity contribution in [3.63, 3.8) is 0 Å². The molecule has 2 aliphatic rings. The summed E-state index contributed by atoms with van der Waals surface area (Å²) in [7, 11) is 0. The smallest absolute Gasteiger partial charge is 0.239 e. The van der Waals surface area contributed by atoms with E-state index in [2.05, 4.69) is 72.0 Å². The summed E-state index contributed by atoms with van der Waals surface area (Å²) in [6.45, 7) is 9.61. The number of hydrogen-bond acceptors (Lipinski definition) is 4. The molecule has 0 aromatic heterocycles. The Morgan fingerprint density at radius 1 is 1.21 bits per heavy atom. The Kier molecular flexibility index (Phi) is 8.45. The van der Waals surface area contributed by atoms with E-state index in [9.17, 15) is 4.79 Å². The molecular formula is C25H34IN5O2. The maximum absolute atomic E-state index is 11.6. The van der Waals surface area contributed by atoms with Crippen LogP contribution in [-0.2, 0) is 11.3 Å². The van der Waals surface area contributed by atoms with E-state index in [0.29, 0.717) is 19.6 Å². The van der Waals surface area contributed by atoms with Gasteiger partial charge in [0.2, 0.25) is 5.91 Å². The number of aliphatic imine (C=N–C) groups is 1. The van der Waals surface area contributed by atoms with Crippen LogP contribution in [-0.4, -0.2) is 43.6 Å². The average molecular weight is 563 g/mol. The van der Waals surface area contributed by atoms with E-state index < -0.39 is 0 Å². The third-order valence-electron chi connectivity index (χ3n) is 5.79. The molecule has 0 bridgehead atoms. The number of nitrogens with zero attached hydrogens (tertiary/aromatic N) is 2. The van der Waals surface area contributed by atoms with Gasteiger partial charge in [-0.1, -0.05) is 30.3 Å². The maximum atomic E-state index is 11.6. The first kappa shape index (κ1) is 25.1. The van der Waals surface area contributed by atoms with E-state index in [1.54, 1.807) is 0 Å². The van der Waals surface area contributed by atoms with Gasteiger partial charge in [-0.05, 0) is 44.5 Å². The molecule has 2 aliphatic heterocycles. The Balaban J connectivity index is 0.00000306. The summed E-state index contributed by atoms with van der Waals surface area (Å²) < 4.78 is 6.16. The van der Waals surface area contributed by atoms with E-state index >= 15 is 0 Å². The number of carbonyl (C=O) groups excluding carboxylic acids is 1. The Bertz CT molecular complexity index is 977. The largest absolute Gasteiger partial charge is 0.487 e. The number of fused-ring (bicyclic) bond motifs is 1. The minimum atomic E-state index is -0.246. The summed E-state index contributed by atoms with van der Waals surface area (Å²) in [4.78, 5) is 18.6. The highest BCUT2D eigenvalue weighted by Gasteiger charge is 2.33. The zero-order valence-electron chi connectivity index (χ0n) is 19.6. The number of carbonyl (C=O) groups is 1. The molecule has 0 radical (unpaired) electrons. The number of benzene rings is 2. The van der Waals surface area contributed by atoms with Crippen LogP contribution in [0.5, 0.6) is 5.75 Å². The van der Waals surface area contributed by atoms with Gasteiger partial charge < -0.3 is 25.6 Å². The number of hydrogen-bond donors (Lipinski definition) is 3. The molecule has 0 spiro atoms. The lowest BCUT2D eigenvalue weighted by Crippen LogP contribution is -2.47. The molecule has 2 heterocycles. The maximum Gasteiger partial charge on any atom is 0.239 e. The van der Waals surface area contributed by atoms with E-state index in [1.807, 2.05) is 18.2 Å². The molecule has 3 N–H and O–H groups in total. The predicted octanol–water partition coefficient (Wildman–Crippen LogP) is 3.60. The molecule has 2 aromatic carbocycles. The van der Waals surface area contributed by atoms with Crippen LogP contribution < -0.4 is 25.6 Å². The summed E-state index contributed by atoms with van der Waals surface area (Å²) in [5.41, 5.74) is 3.11. The molecule has 1 atom stereocenters. The van der Waals surface area contributed by atoms with Crippen molar-refractivity contribution in [2.45, 2.75) is 45.4 Å². The average Bonchev–Trinajstić information content (AvgIpc) is 2.77. The Morgan fingerprint density at radius 2 is 1.97 bits per heavy atom. The minimum Gasteiger partial charge on any atom is -0.487 e. The van der Waals surface area contributed by atoms with Crippen LogP contribution >= 0.6 is 24.0 Å². The minimum absolute atomic E-state index is 0. The molecule has 0 aliphatic carbocycles. The third-order valence-corrected chi connectivity index (χ3v) is 5.79. The number of anilines is 1. The van der Waals surface area contributed by atoms with E-state index in [0.717, 1.165) is 48.0 Å². The lowest BCUT2D eigenvalue weighted by atomic mass is 9.90. The highest BCUT2D eigenvalue weighted by Crippen LogP contribution is 2.39. The van der Waals surface area contributed by atoms with Crippen molar-refractivity contribution in [3.05, 3.63) is 59.7 Å². The predicted molar refractivity (Wildman–Crippen MR) is 144 cm³/mol. The molecule has 2 aromatic rings. The van der Waals surface area contributed by atoms with Gasteiger partial charge in [-0.2, -0.15) is 0 Å². The van der Waals surface area contributed by atoms with Crippen molar-refractivity contribution in [1.29, 1.82) is 0 Å². The molecular weight excluding hydrogens is 529 g/mol. The van der Waals surface area contributed by atoms with Gasteiger partial charge in [-0.25, -0.2) is 4.99 Å². The third kappa shape index (κ3) is 6.52. The second-order valence-electron chi connectivity index (χ2n) is 8.93. The first-order chi connectivity index (χ1) is 15.4. The fourth-order valence-electron chi connectivity index (χ4n) is 4.26. The summed E-state index contributed by atoms with van der Waals surface area (Å²) in [6.07, 6.45) is 0.854. The van der Waals surface area contributed by atoms with Gasteiger partial charge in [0.05, 0.1) is 19.1 Å². The number of rotatable bonds is 5. The molecule has 7 nitrogen and oxygen atoms in total. The highest BCUT2D eigenvalue weighted by molar-refractivity contribution is 14.0. The van der Waals surface area contributed by atoms with Crippen molar-refractivity contribution in [3.8, 4) is 5.75 Å². The normalized spacial score (nSPS) is 19.5. The van der Waals surface area contributed by atoms with Gasteiger partial charge in [0.1, 0.15) is 11.4 Å². The van der Waals surface area contributed by atoms with Crippen molar-refractivity contribution >= 4 is 41.5 Å². The van der Waals surface area contributed by atoms with Crippen molar-refractivity contribution in [2.75, 3.05) is 31.1 Å². The van der Waals surface area contributed by atoms with Crippen LogP contribution in [0.4, 0.5) is 5.69 Å². The zero-order valence-corrected chi connectivity index (χ0v) is 21.9. The highest BCUT2D eigenvalue weighted by atomic mass is 127. The first-order valence-electron chi connectivity index (χ1n) is 11.4. The number of amides is 1. The molecule has 33 heavy (non-hydrogen) atoms. The Labute approximate surface area is 213 Å². The van der Waals surface area contributed by atoms with Gasteiger partial charge in [-0.3, -0.25) is 4.79 Å². The molecule has 1 fully saturated rings. The van der Waals surface area contributed by atoms with Crippen LogP contribution in [0.3, 0.4) is 0 Å². The number of guanidine groups is 1. The van der Waals surface area contributed by atoms with Gasteiger partial charge in [-0.15, -0.1) is 24.0 Å². The second kappa shape index (κ2) is 11.1. The lowest BCUT2D eigenvalue weighted by molar-refractivity contribution is -0.120. The van der Waals surface area contributed by atoms with Gasteiger partial charge in [0, 0.05) is 37.3 Å². The van der Waals surface area contributed by atoms with Crippen LogP contribution in [0.1, 0.15) is 44.4 Å². The van der Waals surface area contributed by atoms with Crippen LogP contribution in [0.25, 0.3) is 0 Å². The second-order valence-corrected chi connectivity index (χ2v) is 8.93. The fourth-order valence-corrected chi connectivity index (χ4v) is 4.26. The molecule has 178 valence electrons. The monoisotopic (exact) mass is 563 g/mol. The number of halogens is 1. The summed E-state index contributed by atoms with van der Waals surface area (Å²) in [6, 6.07) is 16.6. The van der Waals surface area contributed by atoms with Gasteiger partial charge in [0.15, 0.2) is 5.96 Å². The molecule has 1 amide bonds. The number of nitrogens with one attached hydrogen (secondary N) is 3. The Hall–Kier alpha value is -2.49. The van der Waals surface area contributed by atoms with Gasteiger partial charge in [0.25, 0.3) is 0 Å². The quantitative estimate of drug-likeness (QED) is 0.295. The standard InChI is InChI=1S/C25H33N5O2.HI/c1-4-26-24(29-21-15-25(2,3)32-22-8-6-5-7-20(21)22)28-16-18-9-11-19(12-10-18)30-14-13-27-23(31)17-30;/h5-12,21H,4,13-17H2,1-3H3,(H,27,31)(H2,26,28,29);1H. The van der Waals surface area contributed by atoms with E-state index in [4.69, 9.17) is 9.73 Å². The molecule has 8 heteroatoms.